The van der Waals surface area contributed by atoms with Crippen LogP contribution in [0.3, 0.4) is 0 Å². The number of carbonyl (C=O) groups excluding carboxylic acids is 1. The minimum absolute atomic E-state index is 0.0158. The van der Waals surface area contributed by atoms with Crippen molar-refractivity contribution in [1.29, 1.82) is 5.26 Å². The van der Waals surface area contributed by atoms with Crippen molar-refractivity contribution in [2.75, 3.05) is 19.6 Å². The molecule has 0 unspecified atom stereocenters. The summed E-state index contributed by atoms with van der Waals surface area (Å²) in [6.45, 7) is 4.09. The minimum Gasteiger partial charge on any atom is -0.361 e. The van der Waals surface area contributed by atoms with Crippen molar-refractivity contribution in [3.8, 4) is 6.07 Å². The Morgan fingerprint density at radius 3 is 2.96 bits per heavy atom. The number of aromatic nitrogens is 1. The molecule has 5 heteroatoms. The summed E-state index contributed by atoms with van der Waals surface area (Å²) in [5.74, 6) is 0.105. The molecular weight excluding hydrogens is 288 g/mol. The van der Waals surface area contributed by atoms with E-state index < -0.39 is 0 Å². The van der Waals surface area contributed by atoms with Crippen LogP contribution in [0.4, 0.5) is 4.79 Å². The van der Waals surface area contributed by atoms with Crippen molar-refractivity contribution in [3.63, 3.8) is 0 Å². The average molecular weight is 310 g/mol. The molecule has 1 aliphatic heterocycles. The number of aryl methyl sites for hydroxylation is 1. The number of nitrogens with one attached hydrogen (secondary N) is 2. The van der Waals surface area contributed by atoms with Gasteiger partial charge in [0.25, 0.3) is 0 Å². The molecule has 5 nitrogen and oxygen atoms in total. The molecule has 2 N–H and O–H groups in total. The number of rotatable bonds is 3. The Kier molecular flexibility index (Phi) is 4.52. The Bertz CT molecular complexity index is 735. The molecule has 2 amide bonds. The first-order valence-electron chi connectivity index (χ1n) is 8.17. The number of piperidine rings is 1. The summed E-state index contributed by atoms with van der Waals surface area (Å²) in [5, 5.41) is 13.2. The molecule has 23 heavy (non-hydrogen) atoms. The number of nitrogens with zero attached hydrogens (tertiary/aromatic N) is 2. The summed E-state index contributed by atoms with van der Waals surface area (Å²) < 4.78 is 0. The average Bonchev–Trinajstić information content (AvgIpc) is 2.99. The molecule has 0 bridgehead atoms. The van der Waals surface area contributed by atoms with Crippen LogP contribution >= 0.6 is 0 Å². The molecule has 0 atom stereocenters. The van der Waals surface area contributed by atoms with Crippen LogP contribution in [0.25, 0.3) is 10.9 Å². The summed E-state index contributed by atoms with van der Waals surface area (Å²) in [6, 6.07) is 8.50. The van der Waals surface area contributed by atoms with E-state index in [-0.39, 0.29) is 11.9 Å². The van der Waals surface area contributed by atoms with Crippen LogP contribution in [0.15, 0.2) is 24.4 Å². The Hall–Kier alpha value is -2.48. The maximum absolute atomic E-state index is 12.2. The van der Waals surface area contributed by atoms with Gasteiger partial charge in [-0.05, 0) is 43.4 Å². The molecule has 0 saturated carbocycles. The zero-order valence-corrected chi connectivity index (χ0v) is 13.4. The van der Waals surface area contributed by atoms with Crippen LogP contribution in [0.1, 0.15) is 24.0 Å². The van der Waals surface area contributed by atoms with E-state index in [2.05, 4.69) is 35.4 Å². The highest BCUT2D eigenvalue weighted by Gasteiger charge is 2.22. The number of urea groups is 1. The highest BCUT2D eigenvalue weighted by atomic mass is 16.2. The Morgan fingerprint density at radius 1 is 1.43 bits per heavy atom. The first-order valence-corrected chi connectivity index (χ1v) is 8.17. The predicted molar refractivity (Wildman–Crippen MR) is 90.0 cm³/mol. The van der Waals surface area contributed by atoms with Gasteiger partial charge in [-0.2, -0.15) is 5.26 Å². The highest BCUT2D eigenvalue weighted by molar-refractivity contribution is 5.86. The van der Waals surface area contributed by atoms with E-state index in [1.54, 1.807) is 0 Å². The lowest BCUT2D eigenvalue weighted by molar-refractivity contribution is 0.179. The fourth-order valence-electron chi connectivity index (χ4n) is 3.28. The summed E-state index contributed by atoms with van der Waals surface area (Å²) in [6.07, 6.45) is 4.41. The summed E-state index contributed by atoms with van der Waals surface area (Å²) >= 11 is 0. The van der Waals surface area contributed by atoms with Crippen LogP contribution in [-0.4, -0.2) is 35.5 Å². The number of fused-ring (bicyclic) bond motifs is 1. The number of aromatic amines is 1. The standard InChI is InChI=1S/C18H22N4O/c1-13-3-2-4-16-17(13)15(12-21-16)5-8-20-18(23)22-9-6-14(11-19)7-10-22/h2-4,12,14,21H,5-10H2,1H3,(H,20,23). The molecule has 1 aliphatic rings. The maximum atomic E-state index is 12.2. The van der Waals surface area contributed by atoms with Crippen LogP contribution in [0.2, 0.25) is 0 Å². The van der Waals surface area contributed by atoms with E-state index in [1.165, 1.54) is 16.5 Å². The number of carbonyl (C=O) groups is 1. The van der Waals surface area contributed by atoms with E-state index in [0.29, 0.717) is 19.6 Å². The monoisotopic (exact) mass is 310 g/mol. The van der Waals surface area contributed by atoms with Gasteiger partial charge < -0.3 is 15.2 Å². The van der Waals surface area contributed by atoms with E-state index in [4.69, 9.17) is 5.26 Å². The van der Waals surface area contributed by atoms with Crippen LogP contribution < -0.4 is 5.32 Å². The summed E-state index contributed by atoms with van der Waals surface area (Å²) in [4.78, 5) is 17.3. The van der Waals surface area contributed by atoms with Crippen molar-refractivity contribution in [3.05, 3.63) is 35.5 Å². The number of hydrogen-bond donors (Lipinski definition) is 2. The Morgan fingerprint density at radius 2 is 2.22 bits per heavy atom. The van der Waals surface area contributed by atoms with Gasteiger partial charge in [0.2, 0.25) is 0 Å². The number of hydrogen-bond acceptors (Lipinski definition) is 2. The third kappa shape index (κ3) is 3.31. The van der Waals surface area contributed by atoms with Gasteiger partial charge in [-0.25, -0.2) is 4.79 Å². The lowest BCUT2D eigenvalue weighted by Gasteiger charge is -2.29. The first-order chi connectivity index (χ1) is 11.2. The molecular formula is C18H22N4O. The third-order valence-electron chi connectivity index (χ3n) is 4.63. The van der Waals surface area contributed by atoms with Crippen molar-refractivity contribution in [2.45, 2.75) is 26.2 Å². The Labute approximate surface area is 136 Å². The SMILES string of the molecule is Cc1cccc2[nH]cc(CCNC(=O)N3CCC(C#N)CC3)c12. The smallest absolute Gasteiger partial charge is 0.317 e. The zero-order chi connectivity index (χ0) is 16.2. The molecule has 1 saturated heterocycles. The van der Waals surface area contributed by atoms with Gasteiger partial charge >= 0.3 is 6.03 Å². The van der Waals surface area contributed by atoms with Gasteiger partial charge in [0, 0.05) is 42.7 Å². The summed E-state index contributed by atoms with van der Waals surface area (Å²) in [5.41, 5.74) is 3.63. The molecule has 0 spiro atoms. The van der Waals surface area contributed by atoms with E-state index in [9.17, 15) is 4.79 Å². The van der Waals surface area contributed by atoms with Gasteiger partial charge in [-0.1, -0.05) is 12.1 Å². The normalized spacial score (nSPS) is 15.6. The van der Waals surface area contributed by atoms with Gasteiger partial charge in [0.1, 0.15) is 0 Å². The molecule has 1 aromatic heterocycles. The molecule has 120 valence electrons. The molecule has 2 aromatic rings. The molecule has 3 rings (SSSR count). The van der Waals surface area contributed by atoms with Crippen molar-refractivity contribution in [2.24, 2.45) is 5.92 Å². The van der Waals surface area contributed by atoms with E-state index >= 15 is 0 Å². The lowest BCUT2D eigenvalue weighted by Crippen LogP contribution is -2.44. The lowest BCUT2D eigenvalue weighted by atomic mass is 9.99. The van der Waals surface area contributed by atoms with Crippen LogP contribution in [-0.2, 0) is 6.42 Å². The Balaban J connectivity index is 1.53. The largest absolute Gasteiger partial charge is 0.361 e. The molecule has 0 aliphatic carbocycles. The van der Waals surface area contributed by atoms with Gasteiger partial charge in [0.05, 0.1) is 6.07 Å². The second-order valence-corrected chi connectivity index (χ2v) is 6.18. The maximum Gasteiger partial charge on any atom is 0.317 e. The van der Waals surface area contributed by atoms with E-state index in [1.807, 2.05) is 17.2 Å². The topological polar surface area (TPSA) is 71.9 Å². The highest BCUT2D eigenvalue weighted by Crippen LogP contribution is 2.22. The predicted octanol–water partition coefficient (Wildman–Crippen LogP) is 2.96. The fraction of sp³-hybridized carbons (Fsp3) is 0.444. The second-order valence-electron chi connectivity index (χ2n) is 6.18. The third-order valence-corrected chi connectivity index (χ3v) is 4.63. The molecule has 1 aromatic carbocycles. The van der Waals surface area contributed by atoms with Gasteiger partial charge in [0.15, 0.2) is 0 Å². The van der Waals surface area contributed by atoms with Crippen molar-refractivity contribution >= 4 is 16.9 Å². The van der Waals surface area contributed by atoms with E-state index in [0.717, 1.165) is 24.8 Å². The van der Waals surface area contributed by atoms with Crippen LogP contribution in [0, 0.1) is 24.2 Å². The summed E-state index contributed by atoms with van der Waals surface area (Å²) in [7, 11) is 0. The minimum atomic E-state index is -0.0158. The fourth-order valence-corrected chi connectivity index (χ4v) is 3.28. The number of likely N-dealkylation sites (tertiary alicyclic amines) is 1. The van der Waals surface area contributed by atoms with Gasteiger partial charge in [-0.15, -0.1) is 0 Å². The molecule has 1 fully saturated rings. The molecule has 2 heterocycles. The second kappa shape index (κ2) is 6.74. The number of amides is 2. The quantitative estimate of drug-likeness (QED) is 0.915. The number of nitriles is 1. The van der Waals surface area contributed by atoms with Crippen LogP contribution in [0.5, 0.6) is 0 Å². The zero-order valence-electron chi connectivity index (χ0n) is 13.4. The molecule has 0 radical (unpaired) electrons. The van der Waals surface area contributed by atoms with Crippen molar-refractivity contribution < 1.29 is 4.79 Å². The van der Waals surface area contributed by atoms with Gasteiger partial charge in [-0.3, -0.25) is 0 Å². The number of benzene rings is 1. The first kappa shape index (κ1) is 15.4. The number of H-pyrrole nitrogens is 1. The van der Waals surface area contributed by atoms with Crippen molar-refractivity contribution in [1.82, 2.24) is 15.2 Å².